The van der Waals surface area contributed by atoms with Crippen molar-refractivity contribution in [3.63, 3.8) is 0 Å². The molecule has 1 aromatic heterocycles. The summed E-state index contributed by atoms with van der Waals surface area (Å²) < 4.78 is 0. The molecule has 0 spiro atoms. The van der Waals surface area contributed by atoms with Gasteiger partial charge >= 0.3 is 0 Å². The Morgan fingerprint density at radius 2 is 1.62 bits per heavy atom. The van der Waals surface area contributed by atoms with Gasteiger partial charge in [-0.1, -0.05) is 43.7 Å². The van der Waals surface area contributed by atoms with Crippen LogP contribution in [0.3, 0.4) is 0 Å². The molecule has 0 saturated heterocycles. The molecule has 112 valence electrons. The molecule has 4 nitrogen and oxygen atoms in total. The van der Waals surface area contributed by atoms with Crippen molar-refractivity contribution in [2.75, 3.05) is 23.7 Å². The van der Waals surface area contributed by atoms with Crippen molar-refractivity contribution in [1.82, 2.24) is 9.97 Å². The molecule has 0 aliphatic rings. The summed E-state index contributed by atoms with van der Waals surface area (Å²) in [5.74, 6) is 1.91. The fourth-order valence-corrected chi connectivity index (χ4v) is 2.34. The maximum atomic E-state index is 4.41. The maximum Gasteiger partial charge on any atom is 0.134 e. The van der Waals surface area contributed by atoms with Crippen molar-refractivity contribution in [2.45, 2.75) is 33.1 Å². The quantitative estimate of drug-likeness (QED) is 0.779. The van der Waals surface area contributed by atoms with Gasteiger partial charge in [0.2, 0.25) is 0 Å². The molecule has 4 heteroatoms. The highest BCUT2D eigenvalue weighted by Gasteiger charge is 2.09. The van der Waals surface area contributed by atoms with Crippen molar-refractivity contribution in [1.29, 1.82) is 0 Å². The third-order valence-corrected chi connectivity index (χ3v) is 3.34. The summed E-state index contributed by atoms with van der Waals surface area (Å²) >= 11 is 0. The van der Waals surface area contributed by atoms with E-state index < -0.39 is 0 Å². The van der Waals surface area contributed by atoms with Crippen molar-refractivity contribution in [2.24, 2.45) is 0 Å². The minimum atomic E-state index is 0.872. The van der Waals surface area contributed by atoms with E-state index in [1.807, 2.05) is 6.07 Å². The number of hydrogen-bond acceptors (Lipinski definition) is 4. The summed E-state index contributed by atoms with van der Waals surface area (Å²) in [5.41, 5.74) is 2.53. The standard InChI is InChI=1S/C17H24N4/c1-3-8-15-16(18-4-2)20-13-21-17(15)19-12-11-14-9-6-5-7-10-14/h5-7,9-10,13H,3-4,8,11-12H2,1-2H3,(H2,18,19,20,21). The molecular formula is C17H24N4. The number of nitrogens with one attached hydrogen (secondary N) is 2. The zero-order valence-electron chi connectivity index (χ0n) is 12.9. The average molecular weight is 284 g/mol. The van der Waals surface area contributed by atoms with E-state index in [-0.39, 0.29) is 0 Å². The van der Waals surface area contributed by atoms with Gasteiger partial charge in [0.25, 0.3) is 0 Å². The topological polar surface area (TPSA) is 49.8 Å². The first kappa shape index (κ1) is 15.3. The Kier molecular flexibility index (Phi) is 6.00. The lowest BCUT2D eigenvalue weighted by atomic mass is 10.1. The van der Waals surface area contributed by atoms with Crippen LogP contribution >= 0.6 is 0 Å². The largest absolute Gasteiger partial charge is 0.370 e. The Balaban J connectivity index is 2.03. The first-order chi connectivity index (χ1) is 10.3. The molecule has 1 heterocycles. The zero-order valence-corrected chi connectivity index (χ0v) is 12.9. The fourth-order valence-electron chi connectivity index (χ4n) is 2.34. The average Bonchev–Trinajstić information content (AvgIpc) is 2.51. The molecule has 0 radical (unpaired) electrons. The lowest BCUT2D eigenvalue weighted by Crippen LogP contribution is -2.12. The second-order valence-corrected chi connectivity index (χ2v) is 4.99. The van der Waals surface area contributed by atoms with Gasteiger partial charge in [-0.3, -0.25) is 0 Å². The van der Waals surface area contributed by atoms with E-state index in [9.17, 15) is 0 Å². The van der Waals surface area contributed by atoms with Crippen molar-refractivity contribution >= 4 is 11.6 Å². The van der Waals surface area contributed by atoms with E-state index in [1.165, 1.54) is 11.1 Å². The third kappa shape index (κ3) is 4.45. The van der Waals surface area contributed by atoms with Crippen LogP contribution in [-0.4, -0.2) is 23.1 Å². The molecule has 0 bridgehead atoms. The van der Waals surface area contributed by atoms with Gasteiger partial charge in [0.1, 0.15) is 18.0 Å². The minimum absolute atomic E-state index is 0.872. The van der Waals surface area contributed by atoms with E-state index in [2.05, 4.69) is 58.7 Å². The number of aromatic nitrogens is 2. The van der Waals surface area contributed by atoms with Gasteiger partial charge in [-0.05, 0) is 25.3 Å². The normalized spacial score (nSPS) is 10.4. The summed E-state index contributed by atoms with van der Waals surface area (Å²) in [4.78, 5) is 8.76. The summed E-state index contributed by atoms with van der Waals surface area (Å²) in [7, 11) is 0. The summed E-state index contributed by atoms with van der Waals surface area (Å²) in [6.45, 7) is 6.01. The second kappa shape index (κ2) is 8.25. The third-order valence-electron chi connectivity index (χ3n) is 3.34. The van der Waals surface area contributed by atoms with Crippen LogP contribution < -0.4 is 10.6 Å². The molecule has 1 aromatic carbocycles. The van der Waals surface area contributed by atoms with Crippen LogP contribution in [0.4, 0.5) is 11.6 Å². The van der Waals surface area contributed by atoms with Crippen LogP contribution in [0.1, 0.15) is 31.4 Å². The minimum Gasteiger partial charge on any atom is -0.370 e. The molecule has 2 rings (SSSR count). The molecule has 0 saturated carbocycles. The molecule has 21 heavy (non-hydrogen) atoms. The van der Waals surface area contributed by atoms with E-state index in [0.717, 1.165) is 44.0 Å². The van der Waals surface area contributed by atoms with Crippen LogP contribution in [0.15, 0.2) is 36.7 Å². The fraction of sp³-hybridized carbons (Fsp3) is 0.412. The Hall–Kier alpha value is -2.10. The zero-order chi connectivity index (χ0) is 14.9. The van der Waals surface area contributed by atoms with E-state index in [4.69, 9.17) is 0 Å². The molecule has 0 amide bonds. The van der Waals surface area contributed by atoms with Gasteiger partial charge in [0.15, 0.2) is 0 Å². The van der Waals surface area contributed by atoms with Gasteiger partial charge in [0, 0.05) is 18.7 Å². The molecular weight excluding hydrogens is 260 g/mol. The van der Waals surface area contributed by atoms with Gasteiger partial charge < -0.3 is 10.6 Å². The highest BCUT2D eigenvalue weighted by Crippen LogP contribution is 2.21. The second-order valence-electron chi connectivity index (χ2n) is 4.99. The number of nitrogens with zero attached hydrogens (tertiary/aromatic N) is 2. The molecule has 0 fully saturated rings. The monoisotopic (exact) mass is 284 g/mol. The maximum absolute atomic E-state index is 4.41. The first-order valence-corrected chi connectivity index (χ1v) is 7.70. The van der Waals surface area contributed by atoms with Gasteiger partial charge in [0.05, 0.1) is 0 Å². The Labute approximate surface area is 127 Å². The van der Waals surface area contributed by atoms with E-state index in [1.54, 1.807) is 6.33 Å². The Bertz CT molecular complexity index is 540. The molecule has 2 N–H and O–H groups in total. The van der Waals surface area contributed by atoms with E-state index in [0.29, 0.717) is 0 Å². The van der Waals surface area contributed by atoms with Crippen molar-refractivity contribution < 1.29 is 0 Å². The summed E-state index contributed by atoms with van der Waals surface area (Å²) in [6.07, 6.45) is 4.69. The predicted octanol–water partition coefficient (Wildman–Crippen LogP) is 3.52. The van der Waals surface area contributed by atoms with Crippen LogP contribution in [0, 0.1) is 0 Å². The number of benzene rings is 1. The SMILES string of the molecule is CCCc1c(NCC)ncnc1NCCc1ccccc1. The number of hydrogen-bond donors (Lipinski definition) is 2. The Morgan fingerprint density at radius 1 is 0.905 bits per heavy atom. The summed E-state index contributed by atoms with van der Waals surface area (Å²) in [5, 5.41) is 6.77. The van der Waals surface area contributed by atoms with Crippen LogP contribution in [0.25, 0.3) is 0 Å². The lowest BCUT2D eigenvalue weighted by Gasteiger charge is -2.14. The van der Waals surface area contributed by atoms with Gasteiger partial charge in [-0.2, -0.15) is 0 Å². The van der Waals surface area contributed by atoms with Crippen molar-refractivity contribution in [3.8, 4) is 0 Å². The molecule has 0 unspecified atom stereocenters. The molecule has 2 aromatic rings. The lowest BCUT2D eigenvalue weighted by molar-refractivity contribution is 0.892. The van der Waals surface area contributed by atoms with Gasteiger partial charge in [-0.25, -0.2) is 9.97 Å². The smallest absolute Gasteiger partial charge is 0.134 e. The van der Waals surface area contributed by atoms with Crippen LogP contribution in [0.5, 0.6) is 0 Å². The number of rotatable bonds is 8. The molecule has 0 aliphatic carbocycles. The predicted molar refractivity (Wildman–Crippen MR) is 88.8 cm³/mol. The van der Waals surface area contributed by atoms with Crippen molar-refractivity contribution in [3.05, 3.63) is 47.8 Å². The number of anilines is 2. The van der Waals surface area contributed by atoms with Crippen LogP contribution in [0.2, 0.25) is 0 Å². The first-order valence-electron chi connectivity index (χ1n) is 7.70. The summed E-state index contributed by atoms with van der Waals surface area (Å²) in [6, 6.07) is 10.5. The highest BCUT2D eigenvalue weighted by atomic mass is 15.1. The van der Waals surface area contributed by atoms with E-state index >= 15 is 0 Å². The van der Waals surface area contributed by atoms with Crippen LogP contribution in [-0.2, 0) is 12.8 Å². The highest BCUT2D eigenvalue weighted by molar-refractivity contribution is 5.57. The van der Waals surface area contributed by atoms with Gasteiger partial charge in [-0.15, -0.1) is 0 Å². The Morgan fingerprint density at radius 3 is 2.29 bits per heavy atom. The molecule has 0 atom stereocenters. The molecule has 0 aliphatic heterocycles.